The van der Waals surface area contributed by atoms with Gasteiger partial charge in [-0.2, -0.15) is 0 Å². The third kappa shape index (κ3) is 6.38. The van der Waals surface area contributed by atoms with E-state index >= 15 is 0 Å². The van der Waals surface area contributed by atoms with Gasteiger partial charge in [-0.15, -0.1) is 0 Å². The highest BCUT2D eigenvalue weighted by Crippen LogP contribution is 2.28. The Hall–Kier alpha value is 0.300. The minimum absolute atomic E-state index is 0.319. The van der Waals surface area contributed by atoms with Gasteiger partial charge in [0.15, 0.2) is 6.23 Å². The Balaban J connectivity index is 3.79. The Morgan fingerprint density at radius 1 is 1.54 bits per heavy atom. The summed E-state index contributed by atoms with van der Waals surface area (Å²) in [5, 5.41) is 11.3. The van der Waals surface area contributed by atoms with Crippen LogP contribution in [0.1, 0.15) is 26.2 Å². The number of aliphatic hydroxyl groups is 1. The summed E-state index contributed by atoms with van der Waals surface area (Å²) in [5.74, 6) is -0.319. The number of carbonyl (C=O) groups is 1. The minimum Gasteiger partial charge on any atom is -0.369 e. The fourth-order valence-corrected chi connectivity index (χ4v) is 0.807. The molecular formula is C7H12Cl3NO2. The first-order valence-corrected chi connectivity index (χ1v) is 5.05. The van der Waals surface area contributed by atoms with Gasteiger partial charge in [0, 0.05) is 6.42 Å². The number of carbonyl (C=O) groups excluding carboxylic acids is 1. The Labute approximate surface area is 92.3 Å². The third-order valence-electron chi connectivity index (χ3n) is 1.37. The molecule has 0 aromatic heterocycles. The lowest BCUT2D eigenvalue weighted by atomic mass is 10.2. The van der Waals surface area contributed by atoms with Crippen LogP contribution in [0.15, 0.2) is 0 Å². The molecule has 2 N–H and O–H groups in total. The quantitative estimate of drug-likeness (QED) is 0.590. The smallest absolute Gasteiger partial charge is 0.234 e. The first-order valence-electron chi connectivity index (χ1n) is 3.92. The Morgan fingerprint density at radius 2 is 2.08 bits per heavy atom. The molecule has 3 nitrogen and oxygen atoms in total. The molecule has 0 radical (unpaired) electrons. The molecule has 0 aliphatic heterocycles. The molecule has 0 aliphatic carbocycles. The zero-order valence-electron chi connectivity index (χ0n) is 7.19. The summed E-state index contributed by atoms with van der Waals surface area (Å²) in [5.41, 5.74) is 0. The van der Waals surface area contributed by atoms with Crippen molar-refractivity contribution in [3.8, 4) is 0 Å². The van der Waals surface area contributed by atoms with Gasteiger partial charge in [0.05, 0.1) is 0 Å². The van der Waals surface area contributed by atoms with Crippen LogP contribution in [-0.2, 0) is 4.79 Å². The van der Waals surface area contributed by atoms with Gasteiger partial charge in [-0.25, -0.2) is 0 Å². The summed E-state index contributed by atoms with van der Waals surface area (Å²) >= 11 is 16.0. The second-order valence-corrected chi connectivity index (χ2v) is 4.98. The van der Waals surface area contributed by atoms with Gasteiger partial charge in [0.1, 0.15) is 0 Å². The van der Waals surface area contributed by atoms with Crippen LogP contribution in [0, 0.1) is 0 Å². The van der Waals surface area contributed by atoms with Crippen molar-refractivity contribution in [3.05, 3.63) is 0 Å². The van der Waals surface area contributed by atoms with Gasteiger partial charge in [-0.3, -0.25) is 4.79 Å². The second kappa shape index (κ2) is 5.91. The van der Waals surface area contributed by atoms with Crippen LogP contribution in [0.2, 0.25) is 0 Å². The average Bonchev–Trinajstić information content (AvgIpc) is 1.99. The van der Waals surface area contributed by atoms with Crippen molar-refractivity contribution in [2.24, 2.45) is 0 Å². The Kier molecular flexibility index (Phi) is 6.05. The van der Waals surface area contributed by atoms with E-state index in [0.29, 0.717) is 6.42 Å². The van der Waals surface area contributed by atoms with Crippen molar-refractivity contribution in [1.29, 1.82) is 0 Å². The lowest BCUT2D eigenvalue weighted by molar-refractivity contribution is -0.124. The normalized spacial score (nSPS) is 13.9. The number of nitrogens with one attached hydrogen (secondary N) is 1. The van der Waals surface area contributed by atoms with Crippen molar-refractivity contribution < 1.29 is 9.90 Å². The van der Waals surface area contributed by atoms with Gasteiger partial charge >= 0.3 is 0 Å². The van der Waals surface area contributed by atoms with Crippen molar-refractivity contribution >= 4 is 40.7 Å². The van der Waals surface area contributed by atoms with Crippen LogP contribution in [-0.4, -0.2) is 21.0 Å². The molecule has 0 aromatic rings. The van der Waals surface area contributed by atoms with Gasteiger partial charge in [0.2, 0.25) is 9.70 Å². The second-order valence-electron chi connectivity index (χ2n) is 2.62. The van der Waals surface area contributed by atoms with Crippen LogP contribution < -0.4 is 5.32 Å². The molecule has 0 heterocycles. The molecular weight excluding hydrogens is 236 g/mol. The number of unbranched alkanes of at least 4 members (excludes halogenated alkanes) is 1. The van der Waals surface area contributed by atoms with Crippen molar-refractivity contribution in [1.82, 2.24) is 5.32 Å². The van der Waals surface area contributed by atoms with Crippen molar-refractivity contribution in [3.63, 3.8) is 0 Å². The van der Waals surface area contributed by atoms with Gasteiger partial charge in [-0.1, -0.05) is 48.1 Å². The zero-order chi connectivity index (χ0) is 10.5. The van der Waals surface area contributed by atoms with E-state index < -0.39 is 10.0 Å². The molecule has 6 heteroatoms. The summed E-state index contributed by atoms with van der Waals surface area (Å²) in [6.07, 6.45) is 0.520. The predicted octanol–water partition coefficient (Wildman–Crippen LogP) is 1.98. The highest BCUT2D eigenvalue weighted by molar-refractivity contribution is 6.68. The van der Waals surface area contributed by atoms with E-state index in [1.165, 1.54) is 0 Å². The number of halogens is 3. The summed E-state index contributed by atoms with van der Waals surface area (Å²) in [4.78, 5) is 11.0. The fraction of sp³-hybridized carbons (Fsp3) is 0.857. The summed E-state index contributed by atoms with van der Waals surface area (Å²) in [6.45, 7) is 1.96. The Morgan fingerprint density at radius 3 is 2.46 bits per heavy atom. The molecule has 13 heavy (non-hydrogen) atoms. The first-order chi connectivity index (χ1) is 5.88. The number of alkyl halides is 3. The molecule has 0 spiro atoms. The third-order valence-corrected chi connectivity index (χ3v) is 1.99. The van der Waals surface area contributed by atoms with E-state index in [0.717, 1.165) is 12.8 Å². The molecule has 0 saturated carbocycles. The van der Waals surface area contributed by atoms with Crippen molar-refractivity contribution in [2.45, 2.75) is 36.2 Å². The van der Waals surface area contributed by atoms with Gasteiger partial charge < -0.3 is 10.4 Å². The maximum atomic E-state index is 11.0. The van der Waals surface area contributed by atoms with Crippen LogP contribution in [0.4, 0.5) is 0 Å². The molecule has 1 unspecified atom stereocenters. The van der Waals surface area contributed by atoms with E-state index in [1.54, 1.807) is 0 Å². The predicted molar refractivity (Wildman–Crippen MR) is 54.0 cm³/mol. The van der Waals surface area contributed by atoms with E-state index in [4.69, 9.17) is 39.9 Å². The van der Waals surface area contributed by atoms with E-state index in [9.17, 15) is 4.79 Å². The summed E-state index contributed by atoms with van der Waals surface area (Å²) in [6, 6.07) is 0. The maximum Gasteiger partial charge on any atom is 0.234 e. The van der Waals surface area contributed by atoms with E-state index in [1.807, 2.05) is 6.92 Å². The number of amides is 1. The van der Waals surface area contributed by atoms with Crippen molar-refractivity contribution in [2.75, 3.05) is 0 Å². The number of rotatable bonds is 4. The lowest BCUT2D eigenvalue weighted by Crippen LogP contribution is -2.43. The number of hydrogen-bond donors (Lipinski definition) is 2. The Bertz CT molecular complexity index is 170. The summed E-state index contributed by atoms with van der Waals surface area (Å²) < 4.78 is -1.87. The average molecular weight is 249 g/mol. The minimum atomic E-state index is -1.87. The maximum absolute atomic E-state index is 11.0. The van der Waals surface area contributed by atoms with Gasteiger partial charge in [0.25, 0.3) is 0 Å². The van der Waals surface area contributed by atoms with Crippen LogP contribution >= 0.6 is 34.8 Å². The highest BCUT2D eigenvalue weighted by Gasteiger charge is 2.31. The van der Waals surface area contributed by atoms with Crippen LogP contribution in [0.25, 0.3) is 0 Å². The molecule has 0 rings (SSSR count). The fourth-order valence-electron chi connectivity index (χ4n) is 0.644. The van der Waals surface area contributed by atoms with Gasteiger partial charge in [-0.05, 0) is 6.42 Å². The zero-order valence-corrected chi connectivity index (χ0v) is 9.46. The van der Waals surface area contributed by atoms with E-state index in [2.05, 4.69) is 5.32 Å². The standard InChI is InChI=1S/C7H12Cl3NO2/c1-2-3-4-5(12)11-6(13)7(8,9)10/h6,13H,2-4H2,1H3,(H,11,12). The molecule has 1 amide bonds. The largest absolute Gasteiger partial charge is 0.369 e. The molecule has 0 saturated heterocycles. The first kappa shape index (κ1) is 13.3. The summed E-state index contributed by atoms with van der Waals surface area (Å²) in [7, 11) is 0. The van der Waals surface area contributed by atoms with Crippen LogP contribution in [0.3, 0.4) is 0 Å². The SMILES string of the molecule is CCCCC(=O)NC(O)C(Cl)(Cl)Cl. The molecule has 0 bridgehead atoms. The highest BCUT2D eigenvalue weighted by atomic mass is 35.6. The number of aliphatic hydroxyl groups excluding tert-OH is 1. The van der Waals surface area contributed by atoms with E-state index in [-0.39, 0.29) is 5.91 Å². The molecule has 0 aromatic carbocycles. The monoisotopic (exact) mass is 247 g/mol. The topological polar surface area (TPSA) is 49.3 Å². The van der Waals surface area contributed by atoms with Crippen LogP contribution in [0.5, 0.6) is 0 Å². The molecule has 0 fully saturated rings. The molecule has 78 valence electrons. The molecule has 1 atom stereocenters. The lowest BCUT2D eigenvalue weighted by Gasteiger charge is -2.19. The number of hydrogen-bond acceptors (Lipinski definition) is 2. The molecule has 0 aliphatic rings.